The van der Waals surface area contributed by atoms with Gasteiger partial charge in [-0.1, -0.05) is 35.7 Å². The number of hydrogen-bond donors (Lipinski definition) is 2. The Kier molecular flexibility index (Phi) is 6.88. The molecule has 0 fully saturated rings. The van der Waals surface area contributed by atoms with Crippen LogP contribution >= 0.6 is 11.6 Å². The van der Waals surface area contributed by atoms with Gasteiger partial charge >= 0.3 is 5.97 Å². The summed E-state index contributed by atoms with van der Waals surface area (Å²) in [5.74, 6) is -1.84. The number of hydrogen-bond acceptors (Lipinski definition) is 4. The van der Waals surface area contributed by atoms with Crippen LogP contribution in [0.4, 0.5) is 4.39 Å². The average molecular weight is 369 g/mol. The quantitative estimate of drug-likeness (QED) is 0.663. The SMILES string of the molecule is O=C(O)CCCCCCNC(=O)c1cn(-c2cccc(Cl)c2F)nn1. The molecule has 0 saturated carbocycles. The molecule has 1 aromatic heterocycles. The number of nitrogens with one attached hydrogen (secondary N) is 1. The fourth-order valence-corrected chi connectivity index (χ4v) is 2.37. The highest BCUT2D eigenvalue weighted by molar-refractivity contribution is 6.30. The van der Waals surface area contributed by atoms with Crippen LogP contribution in [-0.2, 0) is 4.79 Å². The van der Waals surface area contributed by atoms with Crippen LogP contribution < -0.4 is 5.32 Å². The van der Waals surface area contributed by atoms with E-state index in [-0.39, 0.29) is 22.8 Å². The molecule has 1 heterocycles. The molecule has 0 aliphatic heterocycles. The molecule has 0 saturated heterocycles. The molecule has 7 nitrogen and oxygen atoms in total. The van der Waals surface area contributed by atoms with E-state index in [9.17, 15) is 14.0 Å². The molecule has 0 bridgehead atoms. The Hall–Kier alpha value is -2.48. The van der Waals surface area contributed by atoms with E-state index in [0.717, 1.165) is 23.9 Å². The highest BCUT2D eigenvalue weighted by Gasteiger charge is 2.14. The lowest BCUT2D eigenvalue weighted by Gasteiger charge is -2.03. The molecule has 1 amide bonds. The Morgan fingerprint density at radius 2 is 2.00 bits per heavy atom. The number of carboxylic acids is 1. The smallest absolute Gasteiger partial charge is 0.303 e. The predicted octanol–water partition coefficient (Wildman–Crippen LogP) is 2.82. The van der Waals surface area contributed by atoms with Crippen LogP contribution in [0.2, 0.25) is 5.02 Å². The third-order valence-corrected chi connectivity index (χ3v) is 3.80. The molecule has 2 rings (SSSR count). The van der Waals surface area contributed by atoms with Crippen molar-refractivity contribution in [3.05, 3.63) is 40.9 Å². The summed E-state index contributed by atoms with van der Waals surface area (Å²) in [6, 6.07) is 4.47. The molecule has 2 aromatic rings. The molecule has 134 valence electrons. The zero-order valence-corrected chi connectivity index (χ0v) is 14.2. The summed E-state index contributed by atoms with van der Waals surface area (Å²) in [4.78, 5) is 22.4. The largest absolute Gasteiger partial charge is 0.481 e. The number of amides is 1. The average Bonchev–Trinajstić information content (AvgIpc) is 3.06. The van der Waals surface area contributed by atoms with Crippen LogP contribution in [0.5, 0.6) is 0 Å². The van der Waals surface area contributed by atoms with Gasteiger partial charge in [0, 0.05) is 13.0 Å². The van der Waals surface area contributed by atoms with Gasteiger partial charge in [-0.3, -0.25) is 9.59 Å². The van der Waals surface area contributed by atoms with Crippen molar-refractivity contribution >= 4 is 23.5 Å². The highest BCUT2D eigenvalue weighted by Crippen LogP contribution is 2.20. The second-order valence-electron chi connectivity index (χ2n) is 5.44. The third kappa shape index (κ3) is 5.53. The molecular formula is C16H18ClFN4O3. The zero-order chi connectivity index (χ0) is 18.2. The zero-order valence-electron chi connectivity index (χ0n) is 13.4. The van der Waals surface area contributed by atoms with E-state index >= 15 is 0 Å². The molecule has 2 N–H and O–H groups in total. The second-order valence-corrected chi connectivity index (χ2v) is 5.84. The molecule has 0 aliphatic carbocycles. The van der Waals surface area contributed by atoms with E-state index < -0.39 is 17.7 Å². The highest BCUT2D eigenvalue weighted by atomic mass is 35.5. The molecule has 0 radical (unpaired) electrons. The number of nitrogens with zero attached hydrogens (tertiary/aromatic N) is 3. The maximum atomic E-state index is 13.9. The topological polar surface area (TPSA) is 97.1 Å². The number of rotatable bonds is 9. The van der Waals surface area contributed by atoms with Crippen LogP contribution in [0.1, 0.15) is 42.6 Å². The van der Waals surface area contributed by atoms with Crippen LogP contribution in [0.3, 0.4) is 0 Å². The van der Waals surface area contributed by atoms with Crippen molar-refractivity contribution in [2.24, 2.45) is 0 Å². The minimum atomic E-state index is -0.799. The Balaban J connectivity index is 1.80. The van der Waals surface area contributed by atoms with Crippen molar-refractivity contribution < 1.29 is 19.1 Å². The number of halogens is 2. The first-order valence-corrected chi connectivity index (χ1v) is 8.23. The Bertz CT molecular complexity index is 751. The summed E-state index contributed by atoms with van der Waals surface area (Å²) in [6.45, 7) is 0.449. The van der Waals surface area contributed by atoms with Gasteiger partial charge in [0.15, 0.2) is 11.5 Å². The molecular weight excluding hydrogens is 351 g/mol. The van der Waals surface area contributed by atoms with Gasteiger partial charge in [-0.15, -0.1) is 5.10 Å². The van der Waals surface area contributed by atoms with Crippen molar-refractivity contribution in [1.29, 1.82) is 0 Å². The number of carboxylic acid groups (broad SMARTS) is 1. The van der Waals surface area contributed by atoms with Crippen molar-refractivity contribution in [2.75, 3.05) is 6.54 Å². The first-order valence-electron chi connectivity index (χ1n) is 7.86. The van der Waals surface area contributed by atoms with E-state index in [1.54, 1.807) is 6.07 Å². The van der Waals surface area contributed by atoms with Crippen molar-refractivity contribution in [3.63, 3.8) is 0 Å². The van der Waals surface area contributed by atoms with Crippen molar-refractivity contribution in [1.82, 2.24) is 20.3 Å². The van der Waals surface area contributed by atoms with E-state index in [0.29, 0.717) is 13.0 Å². The van der Waals surface area contributed by atoms with Gasteiger partial charge in [-0.05, 0) is 25.0 Å². The molecule has 25 heavy (non-hydrogen) atoms. The monoisotopic (exact) mass is 368 g/mol. The Morgan fingerprint density at radius 1 is 1.24 bits per heavy atom. The normalized spacial score (nSPS) is 10.6. The van der Waals surface area contributed by atoms with Crippen LogP contribution in [0.15, 0.2) is 24.4 Å². The molecule has 0 atom stereocenters. The van der Waals surface area contributed by atoms with E-state index in [1.165, 1.54) is 18.3 Å². The van der Waals surface area contributed by atoms with Crippen LogP contribution in [0, 0.1) is 5.82 Å². The van der Waals surface area contributed by atoms with Gasteiger partial charge < -0.3 is 10.4 Å². The number of unbranched alkanes of at least 4 members (excludes halogenated alkanes) is 3. The lowest BCUT2D eigenvalue weighted by molar-refractivity contribution is -0.137. The lowest BCUT2D eigenvalue weighted by atomic mass is 10.1. The summed E-state index contributed by atoms with van der Waals surface area (Å²) < 4.78 is 15.1. The van der Waals surface area contributed by atoms with Crippen molar-refractivity contribution in [2.45, 2.75) is 32.1 Å². The maximum Gasteiger partial charge on any atom is 0.303 e. The summed E-state index contributed by atoms with van der Waals surface area (Å²) in [7, 11) is 0. The van der Waals surface area contributed by atoms with Gasteiger partial charge in [0.25, 0.3) is 5.91 Å². The molecule has 9 heteroatoms. The minimum Gasteiger partial charge on any atom is -0.481 e. The van der Waals surface area contributed by atoms with Gasteiger partial charge in [0.05, 0.1) is 11.2 Å². The molecule has 0 spiro atoms. The van der Waals surface area contributed by atoms with Crippen molar-refractivity contribution in [3.8, 4) is 5.69 Å². The number of aromatic nitrogens is 3. The lowest BCUT2D eigenvalue weighted by Crippen LogP contribution is -2.24. The maximum absolute atomic E-state index is 13.9. The number of benzene rings is 1. The van der Waals surface area contributed by atoms with E-state index in [1.807, 2.05) is 0 Å². The van der Waals surface area contributed by atoms with E-state index in [2.05, 4.69) is 15.6 Å². The fourth-order valence-electron chi connectivity index (χ4n) is 2.20. The predicted molar refractivity (Wildman–Crippen MR) is 89.4 cm³/mol. The summed E-state index contributed by atoms with van der Waals surface area (Å²) in [5.41, 5.74) is 0.183. The number of carbonyl (C=O) groups excluding carboxylic acids is 1. The number of aliphatic carboxylic acids is 1. The fraction of sp³-hybridized carbons (Fsp3) is 0.375. The van der Waals surface area contributed by atoms with Crippen LogP contribution in [-0.4, -0.2) is 38.5 Å². The third-order valence-electron chi connectivity index (χ3n) is 3.51. The summed E-state index contributed by atoms with van der Waals surface area (Å²) in [6.07, 6.45) is 4.48. The Labute approximate surface area is 148 Å². The molecule has 1 aromatic carbocycles. The first-order chi connectivity index (χ1) is 12.0. The summed E-state index contributed by atoms with van der Waals surface area (Å²) in [5, 5.41) is 18.7. The van der Waals surface area contributed by atoms with Gasteiger partial charge in [0.2, 0.25) is 0 Å². The van der Waals surface area contributed by atoms with E-state index in [4.69, 9.17) is 16.7 Å². The van der Waals surface area contributed by atoms with Gasteiger partial charge in [-0.25, -0.2) is 9.07 Å². The minimum absolute atomic E-state index is 0.0399. The van der Waals surface area contributed by atoms with Gasteiger partial charge in [0.1, 0.15) is 5.69 Å². The first kappa shape index (κ1) is 18.9. The summed E-state index contributed by atoms with van der Waals surface area (Å²) >= 11 is 5.72. The second kappa shape index (κ2) is 9.12. The van der Waals surface area contributed by atoms with Gasteiger partial charge in [-0.2, -0.15) is 0 Å². The number of carbonyl (C=O) groups is 2. The molecule has 0 aliphatic rings. The molecule has 0 unspecified atom stereocenters. The van der Waals surface area contributed by atoms with Crippen LogP contribution in [0.25, 0.3) is 5.69 Å². The standard InChI is InChI=1S/C16H18ClFN4O3/c17-11-6-5-7-13(15(11)18)22-10-12(20-21-22)16(25)19-9-4-2-1-3-8-14(23)24/h5-7,10H,1-4,8-9H2,(H,19,25)(H,23,24). The Morgan fingerprint density at radius 3 is 2.76 bits per heavy atom.